The zero-order valence-corrected chi connectivity index (χ0v) is 15.5. The molecule has 27 heavy (non-hydrogen) atoms. The summed E-state index contributed by atoms with van der Waals surface area (Å²) in [6, 6.07) is 4.10. The fourth-order valence-corrected chi connectivity index (χ4v) is 4.32. The Labute approximate surface area is 161 Å². The Hall–Kier alpha value is -1.61. The Bertz CT molecular complexity index is 828. The van der Waals surface area contributed by atoms with Gasteiger partial charge in [-0.25, -0.2) is 13.5 Å². The molecule has 6 nitrogen and oxygen atoms in total. The molecule has 0 N–H and O–H groups in total. The van der Waals surface area contributed by atoms with Crippen molar-refractivity contribution in [2.45, 2.75) is 37.6 Å². The van der Waals surface area contributed by atoms with E-state index in [1.165, 1.54) is 12.1 Å². The number of hydrogen-bond acceptors (Lipinski definition) is 5. The van der Waals surface area contributed by atoms with Gasteiger partial charge in [0.25, 0.3) is 0 Å². The topological polar surface area (TPSA) is 52.4 Å². The zero-order chi connectivity index (χ0) is 17.7. The number of fused-ring (bicyclic) bond motifs is 3. The van der Waals surface area contributed by atoms with Crippen LogP contribution in [-0.4, -0.2) is 58.3 Å². The maximum absolute atomic E-state index is 14.2. The summed E-state index contributed by atoms with van der Waals surface area (Å²) in [6.07, 6.45) is 2.14. The van der Waals surface area contributed by atoms with Crippen LogP contribution < -0.4 is 0 Å². The number of rotatable bonds is 2. The molecule has 9 heteroatoms. The van der Waals surface area contributed by atoms with Crippen LogP contribution in [0.25, 0.3) is 11.3 Å². The lowest BCUT2D eigenvalue weighted by atomic mass is 10.1. The molecular weight excluding hydrogens is 378 g/mol. The fraction of sp³-hybridized carbons (Fsp3) is 0.556. The van der Waals surface area contributed by atoms with Gasteiger partial charge in [0, 0.05) is 44.0 Å². The Morgan fingerprint density at radius 2 is 1.93 bits per heavy atom. The lowest BCUT2D eigenvalue weighted by Crippen LogP contribution is -2.38. The highest BCUT2D eigenvalue weighted by atomic mass is 35.5. The van der Waals surface area contributed by atoms with E-state index in [1.807, 2.05) is 4.68 Å². The maximum Gasteiger partial charge on any atom is 0.135 e. The van der Waals surface area contributed by atoms with Gasteiger partial charge in [0.1, 0.15) is 17.3 Å². The van der Waals surface area contributed by atoms with Crippen LogP contribution in [0, 0.1) is 11.6 Å². The van der Waals surface area contributed by atoms with Crippen LogP contribution in [0.3, 0.4) is 0 Å². The molecule has 1 aromatic heterocycles. The molecule has 1 aromatic carbocycles. The second-order valence-corrected chi connectivity index (χ2v) is 7.17. The van der Waals surface area contributed by atoms with Crippen molar-refractivity contribution in [1.82, 2.24) is 19.9 Å². The summed E-state index contributed by atoms with van der Waals surface area (Å²) in [6.45, 7) is 3.66. The van der Waals surface area contributed by atoms with E-state index >= 15 is 0 Å². The molecule has 0 radical (unpaired) electrons. The van der Waals surface area contributed by atoms with Gasteiger partial charge in [0.15, 0.2) is 0 Å². The highest BCUT2D eigenvalue weighted by Crippen LogP contribution is 2.36. The fourth-order valence-electron chi connectivity index (χ4n) is 4.32. The van der Waals surface area contributed by atoms with E-state index in [0.29, 0.717) is 18.3 Å². The van der Waals surface area contributed by atoms with E-state index in [2.05, 4.69) is 15.2 Å². The number of ether oxygens (including phenoxy) is 2. The van der Waals surface area contributed by atoms with Gasteiger partial charge < -0.3 is 9.47 Å². The third kappa shape index (κ3) is 3.24. The van der Waals surface area contributed by atoms with Crippen LogP contribution in [0.2, 0.25) is 0 Å². The van der Waals surface area contributed by atoms with Crippen LogP contribution in [0.4, 0.5) is 8.78 Å². The first-order valence-electron chi connectivity index (χ1n) is 9.03. The second-order valence-electron chi connectivity index (χ2n) is 7.17. The zero-order valence-electron chi connectivity index (χ0n) is 14.7. The van der Waals surface area contributed by atoms with Crippen LogP contribution >= 0.6 is 12.4 Å². The number of hydrogen-bond donors (Lipinski definition) is 0. The molecule has 4 heterocycles. The van der Waals surface area contributed by atoms with Crippen molar-refractivity contribution in [3.05, 3.63) is 35.5 Å². The average molecular weight is 399 g/mol. The number of likely N-dealkylation sites (tertiary alicyclic amines) is 1. The SMILES string of the molecule is Cl.Fc1ccc(-c2nnn3c2CO[C@@H]2CN(C4CCOCC4)C[C@H]23)c(F)c1. The molecule has 3 aliphatic rings. The third-order valence-electron chi connectivity index (χ3n) is 5.70. The minimum absolute atomic E-state index is 0. The molecule has 0 aliphatic carbocycles. The first kappa shape index (κ1) is 18.7. The summed E-state index contributed by atoms with van der Waals surface area (Å²) >= 11 is 0. The van der Waals surface area contributed by atoms with Gasteiger partial charge in [-0.15, -0.1) is 17.5 Å². The van der Waals surface area contributed by atoms with Crippen molar-refractivity contribution < 1.29 is 18.3 Å². The molecule has 0 unspecified atom stereocenters. The predicted molar refractivity (Wildman–Crippen MR) is 95.7 cm³/mol. The summed E-state index contributed by atoms with van der Waals surface area (Å²) in [5.41, 5.74) is 1.45. The Kier molecular flexibility index (Phi) is 5.15. The third-order valence-corrected chi connectivity index (χ3v) is 5.70. The van der Waals surface area contributed by atoms with Gasteiger partial charge in [-0.3, -0.25) is 4.90 Å². The summed E-state index contributed by atoms with van der Waals surface area (Å²) in [5, 5.41) is 8.48. The normalized spacial score (nSPS) is 25.7. The summed E-state index contributed by atoms with van der Waals surface area (Å²) < 4.78 is 40.8. The lowest BCUT2D eigenvalue weighted by Gasteiger charge is -2.30. The molecule has 2 atom stereocenters. The molecule has 2 fully saturated rings. The van der Waals surface area contributed by atoms with Crippen LogP contribution in [-0.2, 0) is 16.1 Å². The average Bonchev–Trinajstić information content (AvgIpc) is 3.26. The van der Waals surface area contributed by atoms with Crippen molar-refractivity contribution in [1.29, 1.82) is 0 Å². The van der Waals surface area contributed by atoms with Gasteiger partial charge in [0.05, 0.1) is 24.4 Å². The molecule has 5 rings (SSSR count). The summed E-state index contributed by atoms with van der Waals surface area (Å²) in [5.74, 6) is -1.24. The van der Waals surface area contributed by atoms with Crippen LogP contribution in [0.15, 0.2) is 18.2 Å². The molecular formula is C18H21ClF2N4O2. The maximum atomic E-state index is 14.2. The molecule has 2 aromatic rings. The van der Waals surface area contributed by atoms with Gasteiger partial charge in [-0.1, -0.05) is 5.21 Å². The minimum atomic E-state index is -0.634. The molecule has 0 bridgehead atoms. The van der Waals surface area contributed by atoms with E-state index in [9.17, 15) is 8.78 Å². The lowest BCUT2D eigenvalue weighted by molar-refractivity contribution is -0.00870. The van der Waals surface area contributed by atoms with E-state index in [4.69, 9.17) is 9.47 Å². The molecule has 3 aliphatic heterocycles. The van der Waals surface area contributed by atoms with E-state index in [0.717, 1.165) is 50.9 Å². The Balaban J connectivity index is 0.00000180. The number of nitrogens with zero attached hydrogens (tertiary/aromatic N) is 4. The van der Waals surface area contributed by atoms with E-state index in [-0.39, 0.29) is 30.1 Å². The van der Waals surface area contributed by atoms with Gasteiger partial charge in [0.2, 0.25) is 0 Å². The van der Waals surface area contributed by atoms with Gasteiger partial charge in [-0.2, -0.15) is 0 Å². The molecule has 2 saturated heterocycles. The number of aromatic nitrogens is 3. The quantitative estimate of drug-likeness (QED) is 0.778. The van der Waals surface area contributed by atoms with E-state index in [1.54, 1.807) is 0 Å². The van der Waals surface area contributed by atoms with Crippen molar-refractivity contribution >= 4 is 12.4 Å². The summed E-state index contributed by atoms with van der Waals surface area (Å²) in [7, 11) is 0. The minimum Gasteiger partial charge on any atom is -0.381 e. The number of benzene rings is 1. The molecule has 146 valence electrons. The van der Waals surface area contributed by atoms with Crippen molar-refractivity contribution in [3.8, 4) is 11.3 Å². The Morgan fingerprint density at radius 3 is 2.70 bits per heavy atom. The first-order chi connectivity index (χ1) is 12.7. The van der Waals surface area contributed by atoms with Crippen molar-refractivity contribution in [2.75, 3.05) is 26.3 Å². The van der Waals surface area contributed by atoms with Crippen LogP contribution in [0.1, 0.15) is 24.6 Å². The van der Waals surface area contributed by atoms with Gasteiger partial charge >= 0.3 is 0 Å². The highest BCUT2D eigenvalue weighted by molar-refractivity contribution is 5.85. The van der Waals surface area contributed by atoms with Crippen LogP contribution in [0.5, 0.6) is 0 Å². The first-order valence-corrected chi connectivity index (χ1v) is 9.03. The largest absolute Gasteiger partial charge is 0.381 e. The monoisotopic (exact) mass is 398 g/mol. The predicted octanol–water partition coefficient (Wildman–Crippen LogP) is 2.58. The van der Waals surface area contributed by atoms with Gasteiger partial charge in [-0.05, 0) is 25.0 Å². The van der Waals surface area contributed by atoms with Crippen molar-refractivity contribution in [3.63, 3.8) is 0 Å². The highest BCUT2D eigenvalue weighted by Gasteiger charge is 2.43. The summed E-state index contributed by atoms with van der Waals surface area (Å²) in [4.78, 5) is 2.45. The smallest absolute Gasteiger partial charge is 0.135 e. The second kappa shape index (κ2) is 7.43. The van der Waals surface area contributed by atoms with E-state index < -0.39 is 11.6 Å². The molecule has 0 saturated carbocycles. The molecule has 0 amide bonds. The number of halogens is 3. The standard InChI is InChI=1S/C18H20F2N4O2.ClH/c19-11-1-2-13(14(20)7-11)18-16-10-26-17-9-23(12-3-5-25-6-4-12)8-15(17)24(16)22-21-18;/h1-2,7,12,15,17H,3-6,8-10H2;1H/t15-,17-;/m1./s1. The van der Waals surface area contributed by atoms with Crippen molar-refractivity contribution in [2.24, 2.45) is 0 Å². The molecule has 0 spiro atoms. The Morgan fingerprint density at radius 1 is 1.11 bits per heavy atom.